The number of piperidine rings is 1. The largest absolute Gasteiger partial charge is 0.324 e. The van der Waals surface area contributed by atoms with Crippen molar-refractivity contribution >= 4 is 0 Å². The Morgan fingerprint density at radius 1 is 1.31 bits per heavy atom. The molecule has 2 fully saturated rings. The summed E-state index contributed by atoms with van der Waals surface area (Å²) in [7, 11) is 0. The number of rotatable bonds is 3. The van der Waals surface area contributed by atoms with Gasteiger partial charge in [0.1, 0.15) is 0 Å². The molecule has 1 aliphatic heterocycles. The van der Waals surface area contributed by atoms with Crippen molar-refractivity contribution in [3.8, 4) is 0 Å². The van der Waals surface area contributed by atoms with Crippen molar-refractivity contribution in [1.29, 1.82) is 0 Å². The highest BCUT2D eigenvalue weighted by Crippen LogP contribution is 2.44. The van der Waals surface area contributed by atoms with E-state index in [1.165, 1.54) is 45.2 Å². The normalized spacial score (nSPS) is 40.6. The molecule has 2 aliphatic rings. The SMILES string of the molecule is CCC1CC1(N)CN1CCCCC1. The quantitative estimate of drug-likeness (QED) is 0.718. The Bertz CT molecular complexity index is 175. The maximum absolute atomic E-state index is 6.29. The van der Waals surface area contributed by atoms with Gasteiger partial charge in [0.25, 0.3) is 0 Å². The standard InChI is InChI=1S/C11H22N2/c1-2-10-8-11(10,12)9-13-6-4-3-5-7-13/h10H,2-9,12H2,1H3. The van der Waals surface area contributed by atoms with Gasteiger partial charge in [-0.3, -0.25) is 0 Å². The molecule has 0 aromatic rings. The summed E-state index contributed by atoms with van der Waals surface area (Å²) in [4.78, 5) is 2.57. The van der Waals surface area contributed by atoms with Crippen molar-refractivity contribution in [3.05, 3.63) is 0 Å². The van der Waals surface area contributed by atoms with Gasteiger partial charge >= 0.3 is 0 Å². The molecular formula is C11H22N2. The van der Waals surface area contributed by atoms with Crippen molar-refractivity contribution in [2.75, 3.05) is 19.6 Å². The van der Waals surface area contributed by atoms with Crippen molar-refractivity contribution in [3.63, 3.8) is 0 Å². The topological polar surface area (TPSA) is 29.3 Å². The molecule has 1 aliphatic carbocycles. The molecule has 2 heteroatoms. The van der Waals surface area contributed by atoms with Crippen LogP contribution in [0, 0.1) is 5.92 Å². The molecule has 2 unspecified atom stereocenters. The molecule has 76 valence electrons. The zero-order valence-electron chi connectivity index (χ0n) is 8.76. The van der Waals surface area contributed by atoms with E-state index >= 15 is 0 Å². The average Bonchev–Trinajstić information content (AvgIpc) is 2.78. The first-order valence-electron chi connectivity index (χ1n) is 5.76. The van der Waals surface area contributed by atoms with Gasteiger partial charge in [0, 0.05) is 12.1 Å². The highest BCUT2D eigenvalue weighted by molar-refractivity contribution is 5.09. The summed E-state index contributed by atoms with van der Waals surface area (Å²) >= 11 is 0. The second-order valence-electron chi connectivity index (χ2n) is 4.88. The molecule has 2 rings (SSSR count). The molecule has 2 N–H and O–H groups in total. The van der Waals surface area contributed by atoms with Gasteiger partial charge in [-0.15, -0.1) is 0 Å². The summed E-state index contributed by atoms with van der Waals surface area (Å²) in [5.74, 6) is 0.814. The number of nitrogens with zero attached hydrogens (tertiary/aromatic N) is 1. The van der Waals surface area contributed by atoms with Gasteiger partial charge in [-0.1, -0.05) is 19.8 Å². The van der Waals surface area contributed by atoms with Crippen molar-refractivity contribution in [1.82, 2.24) is 4.90 Å². The third-order valence-electron chi connectivity index (χ3n) is 3.74. The van der Waals surface area contributed by atoms with Crippen LogP contribution in [0.15, 0.2) is 0 Å². The molecule has 0 aromatic carbocycles. The Morgan fingerprint density at radius 2 is 2.00 bits per heavy atom. The van der Waals surface area contributed by atoms with E-state index in [9.17, 15) is 0 Å². The van der Waals surface area contributed by atoms with Crippen LogP contribution in [0.3, 0.4) is 0 Å². The Balaban J connectivity index is 1.77. The lowest BCUT2D eigenvalue weighted by atomic mass is 10.1. The smallest absolute Gasteiger partial charge is 0.0315 e. The average molecular weight is 182 g/mol. The van der Waals surface area contributed by atoms with Gasteiger partial charge in [0.15, 0.2) is 0 Å². The first-order valence-corrected chi connectivity index (χ1v) is 5.76. The predicted octanol–water partition coefficient (Wildman–Crippen LogP) is 1.60. The molecule has 0 spiro atoms. The van der Waals surface area contributed by atoms with Crippen LogP contribution in [0.5, 0.6) is 0 Å². The monoisotopic (exact) mass is 182 g/mol. The molecule has 2 nitrogen and oxygen atoms in total. The van der Waals surface area contributed by atoms with Crippen molar-refractivity contribution in [2.45, 2.75) is 44.6 Å². The van der Waals surface area contributed by atoms with E-state index in [1.54, 1.807) is 0 Å². The van der Waals surface area contributed by atoms with Crippen LogP contribution >= 0.6 is 0 Å². The molecule has 1 saturated heterocycles. The summed E-state index contributed by atoms with van der Waals surface area (Å²) in [6, 6.07) is 0. The lowest BCUT2D eigenvalue weighted by molar-refractivity contribution is 0.205. The first kappa shape index (κ1) is 9.47. The number of hydrogen-bond donors (Lipinski definition) is 1. The van der Waals surface area contributed by atoms with Crippen LogP contribution in [0.4, 0.5) is 0 Å². The molecule has 0 amide bonds. The second-order valence-corrected chi connectivity index (χ2v) is 4.88. The molecule has 0 radical (unpaired) electrons. The Hall–Kier alpha value is -0.0800. The van der Waals surface area contributed by atoms with Crippen molar-refractivity contribution in [2.24, 2.45) is 11.7 Å². The first-order chi connectivity index (χ1) is 6.24. The summed E-state index contributed by atoms with van der Waals surface area (Å²) in [6.45, 7) is 5.99. The Kier molecular flexibility index (Phi) is 2.61. The highest BCUT2D eigenvalue weighted by Gasteiger charge is 2.50. The maximum Gasteiger partial charge on any atom is 0.0315 e. The minimum absolute atomic E-state index is 0.200. The van der Waals surface area contributed by atoms with Crippen molar-refractivity contribution < 1.29 is 0 Å². The van der Waals surface area contributed by atoms with Gasteiger partial charge in [0.2, 0.25) is 0 Å². The van der Waals surface area contributed by atoms with Crippen LogP contribution in [-0.4, -0.2) is 30.1 Å². The fourth-order valence-electron chi connectivity index (χ4n) is 2.68. The van der Waals surface area contributed by atoms with E-state index in [2.05, 4.69) is 11.8 Å². The van der Waals surface area contributed by atoms with E-state index in [1.807, 2.05) is 0 Å². The molecule has 1 heterocycles. The summed E-state index contributed by atoms with van der Waals surface area (Å²) in [5, 5.41) is 0. The Morgan fingerprint density at radius 3 is 2.54 bits per heavy atom. The fourth-order valence-corrected chi connectivity index (χ4v) is 2.68. The molecule has 1 saturated carbocycles. The van der Waals surface area contributed by atoms with E-state index < -0.39 is 0 Å². The summed E-state index contributed by atoms with van der Waals surface area (Å²) in [6.07, 6.45) is 6.72. The van der Waals surface area contributed by atoms with Crippen LogP contribution in [0.2, 0.25) is 0 Å². The van der Waals surface area contributed by atoms with E-state index in [0.717, 1.165) is 12.5 Å². The second kappa shape index (κ2) is 3.58. The van der Waals surface area contributed by atoms with Gasteiger partial charge in [0.05, 0.1) is 0 Å². The minimum Gasteiger partial charge on any atom is -0.324 e. The molecule has 0 bridgehead atoms. The van der Waals surface area contributed by atoms with Crippen LogP contribution in [0.1, 0.15) is 39.0 Å². The fraction of sp³-hybridized carbons (Fsp3) is 1.00. The molecule has 2 atom stereocenters. The number of nitrogens with two attached hydrogens (primary N) is 1. The summed E-state index contributed by atoms with van der Waals surface area (Å²) < 4.78 is 0. The van der Waals surface area contributed by atoms with Crippen LogP contribution in [0.25, 0.3) is 0 Å². The van der Waals surface area contributed by atoms with Gasteiger partial charge in [-0.05, 0) is 38.3 Å². The molecule has 13 heavy (non-hydrogen) atoms. The van der Waals surface area contributed by atoms with Crippen LogP contribution in [-0.2, 0) is 0 Å². The zero-order chi connectivity index (χ0) is 9.31. The maximum atomic E-state index is 6.29. The van der Waals surface area contributed by atoms with Gasteiger partial charge in [-0.25, -0.2) is 0 Å². The number of hydrogen-bond acceptors (Lipinski definition) is 2. The summed E-state index contributed by atoms with van der Waals surface area (Å²) in [5.41, 5.74) is 6.49. The van der Waals surface area contributed by atoms with Gasteiger partial charge < -0.3 is 10.6 Å². The predicted molar refractivity (Wildman–Crippen MR) is 55.6 cm³/mol. The van der Waals surface area contributed by atoms with E-state index in [-0.39, 0.29) is 5.54 Å². The lowest BCUT2D eigenvalue weighted by Crippen LogP contribution is -2.43. The molecular weight excluding hydrogens is 160 g/mol. The van der Waals surface area contributed by atoms with Crippen LogP contribution < -0.4 is 5.73 Å². The molecule has 0 aromatic heterocycles. The third kappa shape index (κ3) is 2.05. The highest BCUT2D eigenvalue weighted by atomic mass is 15.2. The zero-order valence-corrected chi connectivity index (χ0v) is 8.76. The van der Waals surface area contributed by atoms with E-state index in [4.69, 9.17) is 5.73 Å². The third-order valence-corrected chi connectivity index (χ3v) is 3.74. The Labute approximate surface area is 81.5 Å². The lowest BCUT2D eigenvalue weighted by Gasteiger charge is -2.29. The van der Waals surface area contributed by atoms with Gasteiger partial charge in [-0.2, -0.15) is 0 Å². The van der Waals surface area contributed by atoms with E-state index in [0.29, 0.717) is 0 Å². The minimum atomic E-state index is 0.200. The number of likely N-dealkylation sites (tertiary alicyclic amines) is 1.